The molecule has 0 aromatic rings. The number of hydrogen-bond acceptors (Lipinski definition) is 5. The van der Waals surface area contributed by atoms with E-state index >= 15 is 0 Å². The van der Waals surface area contributed by atoms with Crippen molar-refractivity contribution in [2.24, 2.45) is 5.41 Å². The molecule has 1 saturated heterocycles. The number of allylic oxidation sites excluding steroid dienone is 2. The fraction of sp³-hybridized carbons (Fsp3) is 0.750. The van der Waals surface area contributed by atoms with E-state index in [-0.39, 0.29) is 19.3 Å². The fourth-order valence-electron chi connectivity index (χ4n) is 2.28. The highest BCUT2D eigenvalue weighted by Gasteiger charge is 2.51. The van der Waals surface area contributed by atoms with Crippen LogP contribution in [0.15, 0.2) is 11.6 Å². The van der Waals surface area contributed by atoms with Crippen molar-refractivity contribution in [2.45, 2.75) is 53.1 Å². The summed E-state index contributed by atoms with van der Waals surface area (Å²) in [6.07, 6.45) is 3.32. The Morgan fingerprint density at radius 3 is 2.10 bits per heavy atom. The third-order valence-electron chi connectivity index (χ3n) is 3.43. The van der Waals surface area contributed by atoms with Crippen molar-refractivity contribution in [2.75, 3.05) is 19.8 Å². The lowest BCUT2D eigenvalue weighted by atomic mass is 9.78. The first-order valence-electron chi connectivity index (χ1n) is 7.55. The van der Waals surface area contributed by atoms with Gasteiger partial charge in [0.2, 0.25) is 0 Å². The molecule has 1 atom stereocenters. The molecular formula is C16H26O5. The van der Waals surface area contributed by atoms with Crippen LogP contribution in [0.3, 0.4) is 0 Å². The van der Waals surface area contributed by atoms with Crippen molar-refractivity contribution in [3.8, 4) is 0 Å². The zero-order valence-corrected chi connectivity index (χ0v) is 13.4. The third-order valence-corrected chi connectivity index (χ3v) is 3.43. The monoisotopic (exact) mass is 298 g/mol. The Hall–Kier alpha value is -1.36. The van der Waals surface area contributed by atoms with Gasteiger partial charge in [0, 0.05) is 6.42 Å². The smallest absolute Gasteiger partial charge is 0.323 e. The first-order valence-corrected chi connectivity index (χ1v) is 7.55. The molecule has 0 spiro atoms. The molecule has 0 aliphatic carbocycles. The molecule has 1 aliphatic rings. The van der Waals surface area contributed by atoms with Crippen LogP contribution >= 0.6 is 0 Å². The Balaban J connectivity index is 2.96. The van der Waals surface area contributed by atoms with Gasteiger partial charge in [-0.2, -0.15) is 0 Å². The number of hydrogen-bond donors (Lipinski definition) is 0. The summed E-state index contributed by atoms with van der Waals surface area (Å²) in [7, 11) is 0. The molecule has 0 amide bonds. The minimum absolute atomic E-state index is 0.0504. The van der Waals surface area contributed by atoms with Crippen molar-refractivity contribution in [3.63, 3.8) is 0 Å². The fourth-order valence-corrected chi connectivity index (χ4v) is 2.28. The molecule has 1 fully saturated rings. The lowest BCUT2D eigenvalue weighted by molar-refractivity contribution is -0.173. The molecule has 0 bridgehead atoms. The maximum Gasteiger partial charge on any atom is 0.323 e. The minimum Gasteiger partial charge on any atom is -0.465 e. The average Bonchev–Trinajstić information content (AvgIpc) is 3.21. The van der Waals surface area contributed by atoms with Crippen molar-refractivity contribution < 1.29 is 23.8 Å². The lowest BCUT2D eigenvalue weighted by Gasteiger charge is -2.28. The van der Waals surface area contributed by atoms with Gasteiger partial charge in [0.05, 0.1) is 25.9 Å². The molecule has 1 rings (SSSR count). The lowest BCUT2D eigenvalue weighted by Crippen LogP contribution is -2.43. The van der Waals surface area contributed by atoms with Gasteiger partial charge in [-0.05, 0) is 40.5 Å². The second-order valence-corrected chi connectivity index (χ2v) is 5.50. The van der Waals surface area contributed by atoms with Crippen LogP contribution in [0.25, 0.3) is 0 Å². The summed E-state index contributed by atoms with van der Waals surface area (Å²) in [4.78, 5) is 24.8. The molecule has 0 aromatic heterocycles. The van der Waals surface area contributed by atoms with E-state index in [2.05, 4.69) is 0 Å². The Bertz CT molecular complexity index is 373. The molecule has 120 valence electrons. The highest BCUT2D eigenvalue weighted by Crippen LogP contribution is 2.37. The van der Waals surface area contributed by atoms with Gasteiger partial charge in [0.15, 0.2) is 5.41 Å². The summed E-state index contributed by atoms with van der Waals surface area (Å²) in [5.74, 6) is -0.998. The van der Waals surface area contributed by atoms with Gasteiger partial charge in [-0.15, -0.1) is 0 Å². The summed E-state index contributed by atoms with van der Waals surface area (Å²) in [5.41, 5.74) is -0.0987. The third kappa shape index (κ3) is 5.16. The van der Waals surface area contributed by atoms with Crippen molar-refractivity contribution in [1.82, 2.24) is 0 Å². The predicted molar refractivity (Wildman–Crippen MR) is 78.7 cm³/mol. The van der Waals surface area contributed by atoms with Crippen LogP contribution in [0.4, 0.5) is 0 Å². The molecule has 5 nitrogen and oxygen atoms in total. The van der Waals surface area contributed by atoms with E-state index in [9.17, 15) is 9.59 Å². The molecule has 5 heteroatoms. The Kier molecular flexibility index (Phi) is 6.89. The summed E-state index contributed by atoms with van der Waals surface area (Å²) in [6, 6.07) is 0. The van der Waals surface area contributed by atoms with E-state index < -0.39 is 17.4 Å². The molecule has 1 unspecified atom stereocenters. The Morgan fingerprint density at radius 2 is 1.71 bits per heavy atom. The molecule has 0 radical (unpaired) electrons. The zero-order valence-electron chi connectivity index (χ0n) is 13.4. The topological polar surface area (TPSA) is 65.1 Å². The van der Waals surface area contributed by atoms with Crippen molar-refractivity contribution in [3.05, 3.63) is 11.6 Å². The first-order chi connectivity index (χ1) is 9.96. The minimum atomic E-state index is -1.25. The van der Waals surface area contributed by atoms with Crippen LogP contribution in [0.2, 0.25) is 0 Å². The van der Waals surface area contributed by atoms with Crippen LogP contribution in [0.1, 0.15) is 47.0 Å². The molecule has 1 heterocycles. The second-order valence-electron chi connectivity index (χ2n) is 5.50. The summed E-state index contributed by atoms with van der Waals surface area (Å²) < 4.78 is 15.5. The normalized spacial score (nSPS) is 17.0. The maximum atomic E-state index is 12.4. The number of epoxide rings is 1. The summed E-state index contributed by atoms with van der Waals surface area (Å²) in [6.45, 7) is 8.52. The van der Waals surface area contributed by atoms with Gasteiger partial charge in [0.25, 0.3) is 0 Å². The van der Waals surface area contributed by atoms with E-state index in [1.165, 1.54) is 0 Å². The number of carbonyl (C=O) groups excluding carboxylic acids is 2. The maximum absolute atomic E-state index is 12.4. The quantitative estimate of drug-likeness (QED) is 0.283. The first kappa shape index (κ1) is 17.7. The van der Waals surface area contributed by atoms with Gasteiger partial charge in [-0.25, -0.2) is 0 Å². The number of rotatable bonds is 9. The van der Waals surface area contributed by atoms with Crippen LogP contribution in [-0.4, -0.2) is 37.9 Å². The molecule has 0 saturated carbocycles. The van der Waals surface area contributed by atoms with Crippen LogP contribution in [-0.2, 0) is 23.8 Å². The molecule has 21 heavy (non-hydrogen) atoms. The SMILES string of the molecule is CCOC(=O)C(CCC=C(C)C)(CC1CO1)C(=O)OCC. The summed E-state index contributed by atoms with van der Waals surface area (Å²) in [5, 5.41) is 0. The Labute approximate surface area is 126 Å². The van der Waals surface area contributed by atoms with Crippen LogP contribution in [0.5, 0.6) is 0 Å². The van der Waals surface area contributed by atoms with Gasteiger partial charge < -0.3 is 14.2 Å². The van der Waals surface area contributed by atoms with Crippen LogP contribution in [0, 0.1) is 5.41 Å². The molecule has 0 aromatic carbocycles. The predicted octanol–water partition coefficient (Wildman–Crippen LogP) is 2.63. The van der Waals surface area contributed by atoms with E-state index in [1.54, 1.807) is 13.8 Å². The number of esters is 2. The zero-order chi connectivity index (χ0) is 15.9. The molecular weight excluding hydrogens is 272 g/mol. The van der Waals surface area contributed by atoms with Gasteiger partial charge in [0.1, 0.15) is 0 Å². The van der Waals surface area contributed by atoms with E-state index in [4.69, 9.17) is 14.2 Å². The van der Waals surface area contributed by atoms with Gasteiger partial charge in [-0.1, -0.05) is 11.6 Å². The molecule has 1 aliphatic heterocycles. The average molecular weight is 298 g/mol. The van der Waals surface area contributed by atoms with E-state index in [1.807, 2.05) is 19.9 Å². The van der Waals surface area contributed by atoms with Gasteiger partial charge in [-0.3, -0.25) is 9.59 Å². The second kappa shape index (κ2) is 8.17. The van der Waals surface area contributed by atoms with Gasteiger partial charge >= 0.3 is 11.9 Å². The standard InChI is InChI=1S/C16H26O5/c1-5-19-14(17)16(10-13-11-21-13,15(18)20-6-2)9-7-8-12(3)4/h8,13H,5-7,9-11H2,1-4H3. The number of carbonyl (C=O) groups is 2. The van der Waals surface area contributed by atoms with Crippen molar-refractivity contribution in [1.29, 1.82) is 0 Å². The largest absolute Gasteiger partial charge is 0.465 e. The van der Waals surface area contributed by atoms with Crippen LogP contribution < -0.4 is 0 Å². The highest BCUT2D eigenvalue weighted by molar-refractivity contribution is 6.00. The number of ether oxygens (including phenoxy) is 3. The highest BCUT2D eigenvalue weighted by atomic mass is 16.6. The van der Waals surface area contributed by atoms with E-state index in [0.29, 0.717) is 25.9 Å². The summed E-state index contributed by atoms with van der Waals surface area (Å²) >= 11 is 0. The van der Waals surface area contributed by atoms with Crippen molar-refractivity contribution >= 4 is 11.9 Å². The van der Waals surface area contributed by atoms with E-state index in [0.717, 1.165) is 5.57 Å². The molecule has 0 N–H and O–H groups in total. The Morgan fingerprint density at radius 1 is 1.19 bits per heavy atom.